The Morgan fingerprint density at radius 3 is 1.96 bits per heavy atom. The van der Waals surface area contributed by atoms with Crippen LogP contribution in [0, 0.1) is 0 Å². The first-order valence-corrected chi connectivity index (χ1v) is 9.95. The smallest absolute Gasteiger partial charge is 0.408 e. The Morgan fingerprint density at radius 1 is 0.958 bits per heavy atom. The summed E-state index contributed by atoms with van der Waals surface area (Å²) in [6.07, 6.45) is 14.1. The predicted octanol–water partition coefficient (Wildman–Crippen LogP) is 3.91. The molecule has 0 aliphatic carbocycles. The van der Waals surface area contributed by atoms with Crippen molar-refractivity contribution in [2.45, 2.75) is 109 Å². The lowest BCUT2D eigenvalue weighted by atomic mass is 10.00. The lowest BCUT2D eigenvalue weighted by molar-refractivity contribution is 0.00504. The highest BCUT2D eigenvalue weighted by atomic mass is 16.6. The minimum Gasteiger partial charge on any atom is -0.441 e. The Balaban J connectivity index is 1.90. The van der Waals surface area contributed by atoms with E-state index >= 15 is 0 Å². The Labute approximate surface area is 147 Å². The van der Waals surface area contributed by atoms with Crippen LogP contribution in [-0.4, -0.2) is 41.2 Å². The monoisotopic (exact) mass is 343 g/mol. The van der Waals surface area contributed by atoms with Gasteiger partial charge in [0.25, 0.3) is 0 Å². The number of aliphatic hydroxyl groups excluding tert-OH is 2. The molecule has 0 bridgehead atoms. The molecular weight excluding hydrogens is 306 g/mol. The Morgan fingerprint density at radius 2 is 1.46 bits per heavy atom. The molecule has 1 rings (SSSR count). The van der Waals surface area contributed by atoms with Crippen molar-refractivity contribution in [1.82, 2.24) is 5.32 Å². The maximum Gasteiger partial charge on any atom is 0.408 e. The second-order valence-electron chi connectivity index (χ2n) is 7.05. The van der Waals surface area contributed by atoms with E-state index < -0.39 is 24.3 Å². The van der Waals surface area contributed by atoms with Gasteiger partial charge in [0, 0.05) is 0 Å². The van der Waals surface area contributed by atoms with Gasteiger partial charge in [-0.2, -0.15) is 0 Å². The van der Waals surface area contributed by atoms with Crippen LogP contribution in [-0.2, 0) is 4.74 Å². The zero-order valence-corrected chi connectivity index (χ0v) is 15.3. The summed E-state index contributed by atoms with van der Waals surface area (Å²) in [5.74, 6) is 0. The molecule has 0 radical (unpaired) electrons. The molecule has 0 spiro atoms. The standard InChI is InChI=1S/C19H37NO4/c1-2-3-4-5-6-7-8-9-10-11-12-13-14-17(22)18-16(15-21)20-19(23)24-18/h16-18,21-22H,2-15H2,1H3,(H,20,23)/t16-,17+,18+/m0/s1. The number of rotatable bonds is 15. The summed E-state index contributed by atoms with van der Waals surface area (Å²) in [5, 5.41) is 21.8. The lowest BCUT2D eigenvalue weighted by Crippen LogP contribution is -2.41. The first kappa shape index (κ1) is 21.2. The number of carbonyl (C=O) groups excluding carboxylic acids is 1. The maximum atomic E-state index is 11.1. The van der Waals surface area contributed by atoms with Gasteiger partial charge in [0.1, 0.15) is 0 Å². The van der Waals surface area contributed by atoms with Crippen LogP contribution < -0.4 is 5.32 Å². The summed E-state index contributed by atoms with van der Waals surface area (Å²) < 4.78 is 5.02. The molecule has 3 atom stereocenters. The first-order chi connectivity index (χ1) is 11.7. The highest BCUT2D eigenvalue weighted by Crippen LogP contribution is 2.18. The number of alkyl carbamates (subject to hydrolysis) is 1. The van der Waals surface area contributed by atoms with E-state index in [0.717, 1.165) is 12.8 Å². The third kappa shape index (κ3) is 8.88. The maximum absolute atomic E-state index is 11.1. The fourth-order valence-corrected chi connectivity index (χ4v) is 3.33. The molecule has 0 unspecified atom stereocenters. The van der Waals surface area contributed by atoms with Crippen molar-refractivity contribution >= 4 is 6.09 Å². The van der Waals surface area contributed by atoms with Crippen molar-refractivity contribution in [1.29, 1.82) is 0 Å². The SMILES string of the molecule is CCCCCCCCCCCCCC[C@@H](O)[C@@H]1OC(=O)N[C@H]1CO. The van der Waals surface area contributed by atoms with E-state index in [1.807, 2.05) is 0 Å². The van der Waals surface area contributed by atoms with Crippen molar-refractivity contribution in [2.75, 3.05) is 6.61 Å². The summed E-state index contributed by atoms with van der Waals surface area (Å²) in [6.45, 7) is 2.05. The van der Waals surface area contributed by atoms with Gasteiger partial charge in [-0.25, -0.2) is 4.79 Å². The van der Waals surface area contributed by atoms with E-state index in [0.29, 0.717) is 6.42 Å². The van der Waals surface area contributed by atoms with Crippen LogP contribution in [0.2, 0.25) is 0 Å². The highest BCUT2D eigenvalue weighted by molar-refractivity contribution is 5.70. The molecule has 0 saturated carbocycles. The number of aliphatic hydroxyl groups is 2. The number of hydrogen-bond donors (Lipinski definition) is 3. The van der Waals surface area contributed by atoms with Gasteiger partial charge in [-0.1, -0.05) is 84.0 Å². The number of ether oxygens (including phenoxy) is 1. The zero-order chi connectivity index (χ0) is 17.6. The number of nitrogens with one attached hydrogen (secondary N) is 1. The van der Waals surface area contributed by atoms with Gasteiger partial charge in [0.15, 0.2) is 6.10 Å². The van der Waals surface area contributed by atoms with Gasteiger partial charge in [-0.15, -0.1) is 0 Å². The number of carbonyl (C=O) groups is 1. The van der Waals surface area contributed by atoms with Crippen molar-refractivity contribution in [3.8, 4) is 0 Å². The fourth-order valence-electron chi connectivity index (χ4n) is 3.33. The normalized spacial score (nSPS) is 21.5. The Hall–Kier alpha value is -0.810. The molecule has 24 heavy (non-hydrogen) atoms. The molecule has 1 saturated heterocycles. The van der Waals surface area contributed by atoms with Crippen LogP contribution in [0.15, 0.2) is 0 Å². The largest absolute Gasteiger partial charge is 0.441 e. The summed E-state index contributed by atoms with van der Waals surface area (Å²) in [6, 6.07) is -0.482. The molecule has 1 aliphatic rings. The molecule has 0 aromatic heterocycles. The molecule has 0 aromatic carbocycles. The third-order valence-corrected chi connectivity index (χ3v) is 4.87. The molecule has 1 fully saturated rings. The molecule has 3 N–H and O–H groups in total. The van der Waals surface area contributed by atoms with Gasteiger partial charge in [0.05, 0.1) is 18.8 Å². The van der Waals surface area contributed by atoms with E-state index in [1.165, 1.54) is 64.2 Å². The van der Waals surface area contributed by atoms with Gasteiger partial charge in [-0.05, 0) is 6.42 Å². The molecule has 1 aliphatic heterocycles. The van der Waals surface area contributed by atoms with Crippen LogP contribution in [0.3, 0.4) is 0 Å². The van der Waals surface area contributed by atoms with E-state index in [9.17, 15) is 15.0 Å². The average Bonchev–Trinajstić information content (AvgIpc) is 2.96. The fraction of sp³-hybridized carbons (Fsp3) is 0.947. The third-order valence-electron chi connectivity index (χ3n) is 4.87. The van der Waals surface area contributed by atoms with Crippen LogP contribution >= 0.6 is 0 Å². The van der Waals surface area contributed by atoms with E-state index in [4.69, 9.17) is 4.74 Å². The lowest BCUT2D eigenvalue weighted by Gasteiger charge is -2.20. The average molecular weight is 344 g/mol. The Kier molecular flexibility index (Phi) is 11.9. The van der Waals surface area contributed by atoms with Crippen molar-refractivity contribution in [3.05, 3.63) is 0 Å². The van der Waals surface area contributed by atoms with Gasteiger partial charge < -0.3 is 20.3 Å². The van der Waals surface area contributed by atoms with E-state index in [1.54, 1.807) is 0 Å². The summed E-state index contributed by atoms with van der Waals surface area (Å²) in [5.41, 5.74) is 0. The van der Waals surface area contributed by atoms with Gasteiger partial charge in [-0.3, -0.25) is 0 Å². The van der Waals surface area contributed by atoms with Crippen LogP contribution in [0.5, 0.6) is 0 Å². The van der Waals surface area contributed by atoms with Crippen LogP contribution in [0.4, 0.5) is 4.79 Å². The Bertz CT molecular complexity index is 324. The highest BCUT2D eigenvalue weighted by Gasteiger charge is 2.38. The predicted molar refractivity (Wildman–Crippen MR) is 96.0 cm³/mol. The van der Waals surface area contributed by atoms with Gasteiger partial charge in [0.2, 0.25) is 0 Å². The quantitative estimate of drug-likeness (QED) is 0.394. The minimum atomic E-state index is -0.691. The van der Waals surface area contributed by atoms with Crippen molar-refractivity contribution < 1.29 is 19.7 Å². The molecule has 0 aromatic rings. The summed E-state index contributed by atoms with van der Waals surface area (Å²) in [7, 11) is 0. The number of amides is 1. The zero-order valence-electron chi connectivity index (χ0n) is 15.3. The van der Waals surface area contributed by atoms with E-state index in [2.05, 4.69) is 12.2 Å². The number of cyclic esters (lactones) is 1. The van der Waals surface area contributed by atoms with Gasteiger partial charge >= 0.3 is 6.09 Å². The second kappa shape index (κ2) is 13.5. The van der Waals surface area contributed by atoms with Crippen LogP contribution in [0.1, 0.15) is 90.4 Å². The second-order valence-corrected chi connectivity index (χ2v) is 7.05. The minimum absolute atomic E-state index is 0.202. The molecule has 142 valence electrons. The van der Waals surface area contributed by atoms with Crippen molar-refractivity contribution in [3.63, 3.8) is 0 Å². The summed E-state index contributed by atoms with van der Waals surface area (Å²) in [4.78, 5) is 11.1. The molecule has 1 amide bonds. The van der Waals surface area contributed by atoms with E-state index in [-0.39, 0.29) is 6.61 Å². The molecule has 5 heteroatoms. The van der Waals surface area contributed by atoms with Crippen LogP contribution in [0.25, 0.3) is 0 Å². The number of hydrogen-bond acceptors (Lipinski definition) is 4. The topological polar surface area (TPSA) is 78.8 Å². The van der Waals surface area contributed by atoms with Crippen molar-refractivity contribution in [2.24, 2.45) is 0 Å². The first-order valence-electron chi connectivity index (χ1n) is 9.95. The molecule has 1 heterocycles. The summed E-state index contributed by atoms with van der Waals surface area (Å²) >= 11 is 0. The molecule has 5 nitrogen and oxygen atoms in total. The molecular formula is C19H37NO4. The number of unbranched alkanes of at least 4 members (excludes halogenated alkanes) is 11.